The fourth-order valence-corrected chi connectivity index (χ4v) is 4.73. The lowest BCUT2D eigenvalue weighted by Crippen LogP contribution is -2.05. The molecule has 28 heavy (non-hydrogen) atoms. The van der Waals surface area contributed by atoms with E-state index in [0.717, 1.165) is 34.4 Å². The van der Waals surface area contributed by atoms with Gasteiger partial charge in [0, 0.05) is 30.0 Å². The van der Waals surface area contributed by atoms with Gasteiger partial charge < -0.3 is 4.57 Å². The van der Waals surface area contributed by atoms with Crippen LogP contribution in [0.3, 0.4) is 0 Å². The normalized spacial score (nSPS) is 19.6. The van der Waals surface area contributed by atoms with Gasteiger partial charge in [0.15, 0.2) is 5.65 Å². The Labute approximate surface area is 173 Å². The van der Waals surface area contributed by atoms with Crippen molar-refractivity contribution in [2.45, 2.75) is 38.1 Å². The second kappa shape index (κ2) is 7.34. The number of aryl methyl sites for hydroxylation is 1. The number of nitrogens with zero attached hydrogens (tertiary/aromatic N) is 4. The summed E-state index contributed by atoms with van der Waals surface area (Å²) >= 11 is 12.1. The molecule has 4 nitrogen and oxygen atoms in total. The summed E-state index contributed by atoms with van der Waals surface area (Å²) in [5.74, 6) is 0.733. The number of hydrogen-bond acceptors (Lipinski definition) is 3. The molecule has 5 rings (SSSR count). The third-order valence-corrected chi connectivity index (χ3v) is 6.56. The Hall–Kier alpha value is -2.17. The molecule has 142 valence electrons. The van der Waals surface area contributed by atoms with Crippen molar-refractivity contribution in [3.8, 4) is 0 Å². The Morgan fingerprint density at radius 1 is 1.00 bits per heavy atom. The maximum Gasteiger partial charge on any atom is 0.158 e. The van der Waals surface area contributed by atoms with Crippen molar-refractivity contribution in [3.63, 3.8) is 0 Å². The minimum absolute atomic E-state index is 0.368. The molecule has 3 aromatic heterocycles. The monoisotopic (exact) mass is 410 g/mol. The molecule has 2 unspecified atom stereocenters. The molecule has 1 aliphatic rings. The van der Waals surface area contributed by atoms with Crippen LogP contribution in [0.4, 0.5) is 0 Å². The largest absolute Gasteiger partial charge is 0.328 e. The van der Waals surface area contributed by atoms with Crippen molar-refractivity contribution in [2.75, 3.05) is 0 Å². The van der Waals surface area contributed by atoms with Gasteiger partial charge in [-0.2, -0.15) is 0 Å². The van der Waals surface area contributed by atoms with E-state index in [1.165, 1.54) is 31.2 Å². The summed E-state index contributed by atoms with van der Waals surface area (Å²) in [4.78, 5) is 13.3. The highest BCUT2D eigenvalue weighted by Gasteiger charge is 2.26. The molecule has 2 atom stereocenters. The standard InChI is InChI=1S/C22H20Cl2N4/c23-18-13-16-5-3-15(12-20(16)27-21(18)24)2-1-14-4-6-17(11-14)28-10-7-19-22(28)26-9-8-25-19/h3,5,7-10,12-14,17H,1-2,4,6,11H2. The molecule has 0 saturated heterocycles. The molecule has 1 aromatic carbocycles. The van der Waals surface area contributed by atoms with Crippen molar-refractivity contribution in [2.24, 2.45) is 5.92 Å². The third kappa shape index (κ3) is 3.36. The molecule has 0 spiro atoms. The van der Waals surface area contributed by atoms with Gasteiger partial charge in [-0.05, 0) is 61.8 Å². The number of rotatable bonds is 4. The van der Waals surface area contributed by atoms with E-state index in [9.17, 15) is 0 Å². The number of pyridine rings is 1. The van der Waals surface area contributed by atoms with Crippen molar-refractivity contribution < 1.29 is 0 Å². The third-order valence-electron chi connectivity index (χ3n) is 5.88. The van der Waals surface area contributed by atoms with Crippen LogP contribution in [0.5, 0.6) is 0 Å². The van der Waals surface area contributed by atoms with Crippen LogP contribution in [0, 0.1) is 5.92 Å². The first kappa shape index (κ1) is 17.9. The van der Waals surface area contributed by atoms with Gasteiger partial charge in [-0.25, -0.2) is 9.97 Å². The lowest BCUT2D eigenvalue weighted by atomic mass is 9.97. The summed E-state index contributed by atoms with van der Waals surface area (Å²) in [5, 5.41) is 1.90. The summed E-state index contributed by atoms with van der Waals surface area (Å²) in [6.07, 6.45) is 11.6. The molecule has 0 amide bonds. The van der Waals surface area contributed by atoms with Gasteiger partial charge >= 0.3 is 0 Å². The van der Waals surface area contributed by atoms with Gasteiger partial charge in [0.25, 0.3) is 0 Å². The van der Waals surface area contributed by atoms with Crippen LogP contribution >= 0.6 is 23.2 Å². The number of halogens is 2. The molecule has 0 N–H and O–H groups in total. The van der Waals surface area contributed by atoms with Crippen LogP contribution in [0.25, 0.3) is 22.1 Å². The highest BCUT2D eigenvalue weighted by molar-refractivity contribution is 6.41. The Bertz CT molecular complexity index is 1150. The van der Waals surface area contributed by atoms with Crippen molar-refractivity contribution in [1.82, 2.24) is 19.5 Å². The van der Waals surface area contributed by atoms with Crippen molar-refractivity contribution in [3.05, 3.63) is 64.7 Å². The van der Waals surface area contributed by atoms with Gasteiger partial charge in [-0.3, -0.25) is 4.98 Å². The van der Waals surface area contributed by atoms with Gasteiger partial charge in [0.2, 0.25) is 0 Å². The predicted molar refractivity (Wildman–Crippen MR) is 114 cm³/mol. The molecule has 1 saturated carbocycles. The number of aromatic nitrogens is 4. The van der Waals surface area contributed by atoms with E-state index in [0.29, 0.717) is 16.2 Å². The smallest absolute Gasteiger partial charge is 0.158 e. The van der Waals surface area contributed by atoms with Crippen molar-refractivity contribution in [1.29, 1.82) is 0 Å². The lowest BCUT2D eigenvalue weighted by molar-refractivity contribution is 0.461. The van der Waals surface area contributed by atoms with Crippen LogP contribution in [0.15, 0.2) is 48.9 Å². The average Bonchev–Trinajstić information content (AvgIpc) is 3.34. The van der Waals surface area contributed by atoms with Crippen LogP contribution in [0.2, 0.25) is 10.2 Å². The number of hydrogen-bond donors (Lipinski definition) is 0. The van der Waals surface area contributed by atoms with Gasteiger partial charge in [0.05, 0.1) is 10.5 Å². The first-order valence-corrected chi connectivity index (χ1v) is 10.5. The minimum atomic E-state index is 0.368. The maximum absolute atomic E-state index is 6.07. The Morgan fingerprint density at radius 3 is 2.82 bits per heavy atom. The van der Waals surface area contributed by atoms with E-state index >= 15 is 0 Å². The molecule has 0 radical (unpaired) electrons. The summed E-state index contributed by atoms with van der Waals surface area (Å²) in [7, 11) is 0. The molecule has 1 fully saturated rings. The fourth-order valence-electron chi connectivity index (χ4n) is 4.43. The van der Waals surface area contributed by atoms with E-state index in [-0.39, 0.29) is 0 Å². The molecule has 3 heterocycles. The summed E-state index contributed by atoms with van der Waals surface area (Å²) in [5.41, 5.74) is 4.20. The molecule has 6 heteroatoms. The highest BCUT2D eigenvalue weighted by atomic mass is 35.5. The van der Waals surface area contributed by atoms with Crippen LogP contribution < -0.4 is 0 Å². The van der Waals surface area contributed by atoms with Crippen LogP contribution in [0.1, 0.15) is 37.3 Å². The summed E-state index contributed by atoms with van der Waals surface area (Å²) in [6.45, 7) is 0. The first-order chi connectivity index (χ1) is 13.7. The maximum atomic E-state index is 6.07. The fraction of sp³-hybridized carbons (Fsp3) is 0.318. The minimum Gasteiger partial charge on any atom is -0.328 e. The average molecular weight is 411 g/mol. The molecular weight excluding hydrogens is 391 g/mol. The van der Waals surface area contributed by atoms with Gasteiger partial charge in [-0.15, -0.1) is 0 Å². The molecule has 0 aliphatic heterocycles. The second-order valence-corrected chi connectivity index (χ2v) is 8.41. The zero-order valence-corrected chi connectivity index (χ0v) is 16.9. The lowest BCUT2D eigenvalue weighted by Gasteiger charge is -2.14. The topological polar surface area (TPSA) is 43.6 Å². The molecule has 0 bridgehead atoms. The highest BCUT2D eigenvalue weighted by Crippen LogP contribution is 2.38. The molecule has 1 aliphatic carbocycles. The van der Waals surface area contributed by atoms with Crippen LogP contribution in [-0.2, 0) is 6.42 Å². The predicted octanol–water partition coefficient (Wildman–Crippen LogP) is 6.26. The summed E-state index contributed by atoms with van der Waals surface area (Å²) < 4.78 is 2.31. The quantitative estimate of drug-likeness (QED) is 0.372. The second-order valence-electron chi connectivity index (χ2n) is 7.65. The van der Waals surface area contributed by atoms with E-state index in [4.69, 9.17) is 23.2 Å². The number of benzene rings is 1. The Balaban J connectivity index is 1.26. The van der Waals surface area contributed by atoms with E-state index in [2.05, 4.69) is 50.0 Å². The zero-order valence-electron chi connectivity index (χ0n) is 15.4. The van der Waals surface area contributed by atoms with Gasteiger partial charge in [0.1, 0.15) is 10.7 Å². The van der Waals surface area contributed by atoms with Crippen LogP contribution in [-0.4, -0.2) is 19.5 Å². The molecule has 4 aromatic rings. The first-order valence-electron chi connectivity index (χ1n) is 9.69. The SMILES string of the molecule is Clc1cc2ccc(CCC3CCC(n4ccc5nccnc54)C3)cc2nc1Cl. The van der Waals surface area contributed by atoms with Gasteiger partial charge in [-0.1, -0.05) is 35.3 Å². The zero-order chi connectivity index (χ0) is 19.1. The summed E-state index contributed by atoms with van der Waals surface area (Å²) in [6, 6.07) is 10.9. The Kier molecular flexibility index (Phi) is 4.69. The number of fused-ring (bicyclic) bond motifs is 2. The van der Waals surface area contributed by atoms with E-state index in [1.807, 2.05) is 6.07 Å². The molecular formula is C22H20Cl2N4. The van der Waals surface area contributed by atoms with E-state index < -0.39 is 0 Å². The van der Waals surface area contributed by atoms with Crippen molar-refractivity contribution >= 4 is 45.3 Å². The van der Waals surface area contributed by atoms with E-state index in [1.54, 1.807) is 12.4 Å². The Morgan fingerprint density at radius 2 is 1.89 bits per heavy atom.